The molecule has 0 radical (unpaired) electrons. The third kappa shape index (κ3) is 3.48. The van der Waals surface area contributed by atoms with Crippen LogP contribution in [0, 0.1) is 0 Å². The molecule has 2 heterocycles. The Kier molecular flexibility index (Phi) is 4.83. The van der Waals surface area contributed by atoms with Crippen LogP contribution in [0.25, 0.3) is 21.3 Å². The van der Waals surface area contributed by atoms with Crippen molar-refractivity contribution in [1.82, 2.24) is 15.3 Å². The zero-order valence-corrected chi connectivity index (χ0v) is 13.6. The number of nitrogens with zero attached hydrogens (tertiary/aromatic N) is 2. The number of hydrogen-bond acceptors (Lipinski definition) is 5. The Morgan fingerprint density at radius 2 is 2.09 bits per heavy atom. The van der Waals surface area contributed by atoms with E-state index in [-0.39, 0.29) is 12.5 Å². The lowest BCUT2D eigenvalue weighted by Gasteiger charge is -2.08. The van der Waals surface area contributed by atoms with Crippen LogP contribution < -0.4 is 10.1 Å². The molecule has 23 heavy (non-hydrogen) atoms. The van der Waals surface area contributed by atoms with Gasteiger partial charge in [-0.1, -0.05) is 37.3 Å². The molecule has 1 amide bonds. The lowest BCUT2D eigenvalue weighted by atomic mass is 10.1. The molecule has 5 nitrogen and oxygen atoms in total. The first kappa shape index (κ1) is 15.4. The van der Waals surface area contributed by atoms with Gasteiger partial charge >= 0.3 is 0 Å². The maximum absolute atomic E-state index is 11.7. The molecule has 0 bridgehead atoms. The summed E-state index contributed by atoms with van der Waals surface area (Å²) in [5.74, 6) is 0.303. The minimum atomic E-state index is -0.143. The zero-order valence-electron chi connectivity index (χ0n) is 12.8. The molecule has 3 aromatic rings. The molecule has 1 aromatic carbocycles. The second-order valence-electron chi connectivity index (χ2n) is 5.01. The number of ether oxygens (including phenoxy) is 1. The topological polar surface area (TPSA) is 64.1 Å². The van der Waals surface area contributed by atoms with Gasteiger partial charge in [-0.05, 0) is 12.0 Å². The van der Waals surface area contributed by atoms with Crippen molar-refractivity contribution in [1.29, 1.82) is 0 Å². The van der Waals surface area contributed by atoms with Crippen molar-refractivity contribution in [2.24, 2.45) is 0 Å². The van der Waals surface area contributed by atoms with E-state index in [1.807, 2.05) is 42.6 Å². The Hall–Kier alpha value is -2.47. The number of hydrogen-bond donors (Lipinski definition) is 1. The van der Waals surface area contributed by atoms with Gasteiger partial charge in [-0.15, -0.1) is 11.3 Å². The predicted octanol–water partition coefficient (Wildman–Crippen LogP) is 3.26. The highest BCUT2D eigenvalue weighted by Gasteiger charge is 2.14. The van der Waals surface area contributed by atoms with E-state index in [0.29, 0.717) is 12.4 Å². The van der Waals surface area contributed by atoms with E-state index in [1.165, 1.54) is 17.7 Å². The van der Waals surface area contributed by atoms with E-state index in [0.717, 1.165) is 27.8 Å². The van der Waals surface area contributed by atoms with Crippen molar-refractivity contribution in [3.05, 3.63) is 42.0 Å². The molecule has 0 spiro atoms. The van der Waals surface area contributed by atoms with Crippen molar-refractivity contribution < 1.29 is 9.53 Å². The fraction of sp³-hybridized carbons (Fsp3) is 0.235. The molecular formula is C17H17N3O2S. The molecular weight excluding hydrogens is 310 g/mol. The van der Waals surface area contributed by atoms with E-state index in [1.54, 1.807) is 0 Å². The average Bonchev–Trinajstić information content (AvgIpc) is 3.03. The number of benzene rings is 1. The highest BCUT2D eigenvalue weighted by molar-refractivity contribution is 7.17. The number of rotatable bonds is 6. The standard InChI is InChI=1S/C17H17N3O2S/c1-2-8-18-14(21)9-22-16-15-13(12-6-4-3-5-7-12)10-23-17(15)20-11-19-16/h3-7,10-11H,2,8-9H2,1H3,(H,18,21). The van der Waals surface area contributed by atoms with E-state index in [9.17, 15) is 4.79 Å². The molecule has 0 aliphatic rings. The number of carbonyl (C=O) groups is 1. The summed E-state index contributed by atoms with van der Waals surface area (Å²) in [6.45, 7) is 2.61. The largest absolute Gasteiger partial charge is 0.467 e. The number of fused-ring (bicyclic) bond motifs is 1. The summed E-state index contributed by atoms with van der Waals surface area (Å²) in [6.07, 6.45) is 2.36. The minimum absolute atomic E-state index is 0.0454. The monoisotopic (exact) mass is 327 g/mol. The highest BCUT2D eigenvalue weighted by Crippen LogP contribution is 2.37. The van der Waals surface area contributed by atoms with Crippen LogP contribution >= 0.6 is 11.3 Å². The van der Waals surface area contributed by atoms with Crippen LogP contribution in [0.1, 0.15) is 13.3 Å². The predicted molar refractivity (Wildman–Crippen MR) is 91.6 cm³/mol. The molecule has 3 rings (SSSR count). The highest BCUT2D eigenvalue weighted by atomic mass is 32.1. The van der Waals surface area contributed by atoms with Crippen LogP contribution in [0.2, 0.25) is 0 Å². The lowest BCUT2D eigenvalue weighted by Crippen LogP contribution is -2.29. The number of aromatic nitrogens is 2. The molecule has 0 fully saturated rings. The molecule has 0 saturated heterocycles. The van der Waals surface area contributed by atoms with Crippen molar-refractivity contribution in [3.8, 4) is 17.0 Å². The van der Waals surface area contributed by atoms with Gasteiger partial charge in [-0.3, -0.25) is 4.79 Å². The van der Waals surface area contributed by atoms with Gasteiger partial charge in [-0.2, -0.15) is 0 Å². The molecule has 0 aliphatic carbocycles. The van der Waals surface area contributed by atoms with Gasteiger partial charge in [0.05, 0.1) is 5.39 Å². The maximum Gasteiger partial charge on any atom is 0.258 e. The molecule has 0 atom stereocenters. The van der Waals surface area contributed by atoms with Crippen LogP contribution in [-0.4, -0.2) is 29.0 Å². The van der Waals surface area contributed by atoms with Crippen LogP contribution in [0.5, 0.6) is 5.88 Å². The smallest absolute Gasteiger partial charge is 0.258 e. The Balaban J connectivity index is 1.89. The number of nitrogens with one attached hydrogen (secondary N) is 1. The van der Waals surface area contributed by atoms with Gasteiger partial charge in [0.15, 0.2) is 6.61 Å². The summed E-state index contributed by atoms with van der Waals surface area (Å²) >= 11 is 1.54. The quantitative estimate of drug-likeness (QED) is 0.755. The van der Waals surface area contributed by atoms with Gasteiger partial charge in [-0.25, -0.2) is 9.97 Å². The molecule has 0 aliphatic heterocycles. The number of amides is 1. The Morgan fingerprint density at radius 1 is 1.26 bits per heavy atom. The molecule has 6 heteroatoms. The van der Waals surface area contributed by atoms with Crippen molar-refractivity contribution in [2.75, 3.05) is 13.2 Å². The van der Waals surface area contributed by atoms with Crippen LogP contribution in [0.3, 0.4) is 0 Å². The molecule has 0 saturated carbocycles. The third-order valence-electron chi connectivity index (χ3n) is 3.33. The first-order valence-corrected chi connectivity index (χ1v) is 8.34. The minimum Gasteiger partial charge on any atom is -0.467 e. The van der Waals surface area contributed by atoms with E-state index < -0.39 is 0 Å². The molecule has 0 unspecified atom stereocenters. The van der Waals surface area contributed by atoms with Gasteiger partial charge in [0.25, 0.3) is 5.91 Å². The second kappa shape index (κ2) is 7.19. The van der Waals surface area contributed by atoms with E-state index >= 15 is 0 Å². The second-order valence-corrected chi connectivity index (χ2v) is 5.87. The summed E-state index contributed by atoms with van der Waals surface area (Å²) in [7, 11) is 0. The van der Waals surface area contributed by atoms with Gasteiger partial charge in [0.1, 0.15) is 11.2 Å². The van der Waals surface area contributed by atoms with Gasteiger partial charge in [0.2, 0.25) is 5.88 Å². The van der Waals surface area contributed by atoms with E-state index in [2.05, 4.69) is 15.3 Å². The Bertz CT molecular complexity index is 802. The third-order valence-corrected chi connectivity index (χ3v) is 4.22. The molecule has 1 N–H and O–H groups in total. The molecule has 118 valence electrons. The summed E-state index contributed by atoms with van der Waals surface area (Å²) in [5, 5.41) is 5.68. The summed E-state index contributed by atoms with van der Waals surface area (Å²) in [6, 6.07) is 10.0. The van der Waals surface area contributed by atoms with Crippen molar-refractivity contribution >= 4 is 27.5 Å². The van der Waals surface area contributed by atoms with Crippen molar-refractivity contribution in [2.45, 2.75) is 13.3 Å². The Labute approximate surface area is 138 Å². The van der Waals surface area contributed by atoms with Crippen molar-refractivity contribution in [3.63, 3.8) is 0 Å². The van der Waals surface area contributed by atoms with Crippen LogP contribution in [0.15, 0.2) is 42.0 Å². The van der Waals surface area contributed by atoms with Crippen LogP contribution in [-0.2, 0) is 4.79 Å². The maximum atomic E-state index is 11.7. The lowest BCUT2D eigenvalue weighted by molar-refractivity contribution is -0.123. The zero-order chi connectivity index (χ0) is 16.1. The fourth-order valence-corrected chi connectivity index (χ4v) is 3.14. The summed E-state index contributed by atoms with van der Waals surface area (Å²) in [4.78, 5) is 21.1. The first-order valence-electron chi connectivity index (χ1n) is 7.46. The molecule has 2 aromatic heterocycles. The average molecular weight is 327 g/mol. The number of thiophene rings is 1. The summed E-state index contributed by atoms with van der Waals surface area (Å²) < 4.78 is 5.64. The van der Waals surface area contributed by atoms with E-state index in [4.69, 9.17) is 4.74 Å². The normalized spacial score (nSPS) is 10.7. The first-order chi connectivity index (χ1) is 11.3. The summed E-state index contributed by atoms with van der Waals surface area (Å²) in [5.41, 5.74) is 2.10. The Morgan fingerprint density at radius 3 is 2.87 bits per heavy atom. The van der Waals surface area contributed by atoms with Crippen LogP contribution in [0.4, 0.5) is 0 Å². The van der Waals surface area contributed by atoms with Gasteiger partial charge in [0, 0.05) is 17.5 Å². The van der Waals surface area contributed by atoms with Gasteiger partial charge < -0.3 is 10.1 Å². The SMILES string of the molecule is CCCNC(=O)COc1ncnc2scc(-c3ccccc3)c12. The number of carbonyl (C=O) groups excluding carboxylic acids is 1. The fourth-order valence-electron chi connectivity index (χ4n) is 2.24.